The molecule has 6 heteroatoms. The summed E-state index contributed by atoms with van der Waals surface area (Å²) in [5.74, 6) is 0.124. The summed E-state index contributed by atoms with van der Waals surface area (Å²) in [5, 5.41) is 6.10. The van der Waals surface area contributed by atoms with Gasteiger partial charge in [-0.25, -0.2) is 4.79 Å². The molecule has 0 unspecified atom stereocenters. The maximum absolute atomic E-state index is 11.9. The zero-order chi connectivity index (χ0) is 17.4. The van der Waals surface area contributed by atoms with Gasteiger partial charge in [-0.3, -0.25) is 4.79 Å². The molecular weight excluding hydrogens is 306 g/mol. The van der Waals surface area contributed by atoms with Gasteiger partial charge in [0.25, 0.3) is 0 Å². The predicted molar refractivity (Wildman–Crippen MR) is 92.5 cm³/mol. The maximum atomic E-state index is 11.9. The van der Waals surface area contributed by atoms with Crippen LogP contribution in [0.4, 0.5) is 4.79 Å². The van der Waals surface area contributed by atoms with E-state index in [9.17, 15) is 9.59 Å². The Morgan fingerprint density at radius 1 is 1.12 bits per heavy atom. The maximum Gasteiger partial charge on any atom is 0.407 e. The molecule has 6 nitrogen and oxygen atoms in total. The number of hydrogen-bond donors (Lipinski definition) is 2. The molecule has 0 saturated heterocycles. The van der Waals surface area contributed by atoms with Crippen LogP contribution < -0.4 is 10.6 Å². The van der Waals surface area contributed by atoms with Crippen molar-refractivity contribution in [2.45, 2.75) is 45.4 Å². The number of alkyl carbamates (subject to hydrolysis) is 1. The van der Waals surface area contributed by atoms with Crippen LogP contribution in [-0.4, -0.2) is 48.6 Å². The molecule has 24 heavy (non-hydrogen) atoms. The van der Waals surface area contributed by atoms with Crippen LogP contribution in [0.1, 0.15) is 32.3 Å². The van der Waals surface area contributed by atoms with Crippen LogP contribution >= 0.6 is 0 Å². The molecule has 1 aromatic carbocycles. The van der Waals surface area contributed by atoms with E-state index in [1.807, 2.05) is 49.1 Å². The van der Waals surface area contributed by atoms with Crippen LogP contribution in [-0.2, 0) is 16.1 Å². The highest BCUT2D eigenvalue weighted by Gasteiger charge is 2.30. The molecule has 0 heterocycles. The molecule has 2 amide bonds. The number of carbonyl (C=O) groups is 2. The number of hydrogen-bond acceptors (Lipinski definition) is 4. The number of benzene rings is 1. The van der Waals surface area contributed by atoms with Gasteiger partial charge in [0.2, 0.25) is 5.91 Å². The topological polar surface area (TPSA) is 70.7 Å². The number of likely N-dealkylation sites (N-methyl/N-ethyl adjacent to an activating group) is 1. The van der Waals surface area contributed by atoms with Gasteiger partial charge in [-0.15, -0.1) is 0 Å². The summed E-state index contributed by atoms with van der Waals surface area (Å²) in [6.45, 7) is 6.06. The highest BCUT2D eigenvalue weighted by molar-refractivity contribution is 5.78. The Balaban J connectivity index is 1.57. The Morgan fingerprint density at radius 2 is 1.79 bits per heavy atom. The Labute approximate surface area is 143 Å². The van der Waals surface area contributed by atoms with E-state index in [1.165, 1.54) is 0 Å². The van der Waals surface area contributed by atoms with Crippen molar-refractivity contribution in [3.05, 3.63) is 35.9 Å². The molecule has 2 N–H and O–H groups in total. The van der Waals surface area contributed by atoms with Crippen molar-refractivity contribution >= 4 is 12.0 Å². The van der Waals surface area contributed by atoms with Crippen LogP contribution in [0.2, 0.25) is 0 Å². The van der Waals surface area contributed by atoms with Crippen LogP contribution in [0, 0.1) is 0 Å². The number of amides is 2. The molecule has 0 bridgehead atoms. The predicted octanol–water partition coefficient (Wildman–Crippen LogP) is 1.90. The summed E-state index contributed by atoms with van der Waals surface area (Å²) in [5.41, 5.74) is 0.968. The van der Waals surface area contributed by atoms with E-state index >= 15 is 0 Å². The molecule has 0 aliphatic heterocycles. The van der Waals surface area contributed by atoms with Gasteiger partial charge in [0, 0.05) is 25.2 Å². The summed E-state index contributed by atoms with van der Waals surface area (Å²) < 4.78 is 5.20. The molecule has 132 valence electrons. The van der Waals surface area contributed by atoms with Gasteiger partial charge in [0.05, 0.1) is 6.54 Å². The number of rotatable bonds is 8. The second kappa shape index (κ2) is 9.27. The zero-order valence-electron chi connectivity index (χ0n) is 14.5. The fraction of sp³-hybridized carbons (Fsp3) is 0.556. The lowest BCUT2D eigenvalue weighted by molar-refractivity contribution is -0.130. The Hall–Kier alpha value is -2.08. The van der Waals surface area contributed by atoms with Crippen molar-refractivity contribution in [2.75, 3.05) is 19.6 Å². The zero-order valence-corrected chi connectivity index (χ0v) is 14.5. The molecule has 0 atom stereocenters. The minimum absolute atomic E-state index is 0.120. The standard InChI is InChI=1S/C18H27N3O3/c1-3-21(4-2)17(22)12-19-15-10-16(11-15)20-18(23)24-13-14-8-6-5-7-9-14/h5-9,15-16,19H,3-4,10-13H2,1-2H3,(H,20,23). The second-order valence-corrected chi connectivity index (χ2v) is 6.02. The molecule has 0 aromatic heterocycles. The highest BCUT2D eigenvalue weighted by Crippen LogP contribution is 2.20. The average Bonchev–Trinajstić information content (AvgIpc) is 2.57. The summed E-state index contributed by atoms with van der Waals surface area (Å²) in [7, 11) is 0. The molecule has 0 spiro atoms. The summed E-state index contributed by atoms with van der Waals surface area (Å²) in [6, 6.07) is 10.00. The monoisotopic (exact) mass is 333 g/mol. The van der Waals surface area contributed by atoms with Crippen LogP contribution in [0.15, 0.2) is 30.3 Å². The number of carbonyl (C=O) groups excluding carboxylic acids is 2. The van der Waals surface area contributed by atoms with Crippen LogP contribution in [0.3, 0.4) is 0 Å². The van der Waals surface area contributed by atoms with Crippen molar-refractivity contribution in [1.82, 2.24) is 15.5 Å². The van der Waals surface area contributed by atoms with E-state index in [0.29, 0.717) is 6.54 Å². The van der Waals surface area contributed by atoms with Gasteiger partial charge in [-0.05, 0) is 32.3 Å². The minimum Gasteiger partial charge on any atom is -0.445 e. The third kappa shape index (κ3) is 5.53. The lowest BCUT2D eigenvalue weighted by atomic mass is 9.87. The fourth-order valence-corrected chi connectivity index (χ4v) is 2.75. The molecule has 1 aliphatic rings. The number of nitrogens with one attached hydrogen (secondary N) is 2. The van der Waals surface area contributed by atoms with Crippen molar-refractivity contribution in [3.8, 4) is 0 Å². The minimum atomic E-state index is -0.387. The Kier molecular flexibility index (Phi) is 7.06. The van der Waals surface area contributed by atoms with Crippen molar-refractivity contribution < 1.29 is 14.3 Å². The second-order valence-electron chi connectivity index (χ2n) is 6.02. The molecule has 2 rings (SSSR count). The van der Waals surface area contributed by atoms with Gasteiger partial charge in [0.1, 0.15) is 6.61 Å². The normalized spacial score (nSPS) is 19.2. The molecule has 0 radical (unpaired) electrons. The van der Waals surface area contributed by atoms with Gasteiger partial charge in [-0.1, -0.05) is 30.3 Å². The van der Waals surface area contributed by atoms with Crippen molar-refractivity contribution in [1.29, 1.82) is 0 Å². The first kappa shape index (κ1) is 18.3. The number of ether oxygens (including phenoxy) is 1. The smallest absolute Gasteiger partial charge is 0.407 e. The summed E-state index contributed by atoms with van der Waals surface area (Å²) in [6.07, 6.45) is 1.26. The molecule has 1 saturated carbocycles. The molecule has 1 aromatic rings. The molecule has 1 aliphatic carbocycles. The lowest BCUT2D eigenvalue weighted by Crippen LogP contribution is -2.54. The lowest BCUT2D eigenvalue weighted by Gasteiger charge is -2.36. The quantitative estimate of drug-likeness (QED) is 0.762. The van der Waals surface area contributed by atoms with E-state index in [1.54, 1.807) is 0 Å². The van der Waals surface area contributed by atoms with E-state index < -0.39 is 0 Å². The molecular formula is C18H27N3O3. The highest BCUT2D eigenvalue weighted by atomic mass is 16.5. The van der Waals surface area contributed by atoms with E-state index in [-0.39, 0.29) is 30.7 Å². The van der Waals surface area contributed by atoms with Gasteiger partial charge in [-0.2, -0.15) is 0 Å². The fourth-order valence-electron chi connectivity index (χ4n) is 2.75. The van der Waals surface area contributed by atoms with Crippen LogP contribution in [0.25, 0.3) is 0 Å². The van der Waals surface area contributed by atoms with E-state index in [0.717, 1.165) is 31.5 Å². The van der Waals surface area contributed by atoms with Gasteiger partial charge in [0.15, 0.2) is 0 Å². The Morgan fingerprint density at radius 3 is 2.42 bits per heavy atom. The first-order valence-corrected chi connectivity index (χ1v) is 8.60. The van der Waals surface area contributed by atoms with Crippen molar-refractivity contribution in [3.63, 3.8) is 0 Å². The van der Waals surface area contributed by atoms with Gasteiger partial charge >= 0.3 is 6.09 Å². The van der Waals surface area contributed by atoms with Crippen molar-refractivity contribution in [2.24, 2.45) is 0 Å². The summed E-state index contributed by atoms with van der Waals surface area (Å²) >= 11 is 0. The first-order chi connectivity index (χ1) is 11.6. The summed E-state index contributed by atoms with van der Waals surface area (Å²) in [4.78, 5) is 25.5. The first-order valence-electron chi connectivity index (χ1n) is 8.60. The van der Waals surface area contributed by atoms with Crippen LogP contribution in [0.5, 0.6) is 0 Å². The third-order valence-corrected chi connectivity index (χ3v) is 4.33. The number of nitrogens with zero attached hydrogens (tertiary/aromatic N) is 1. The SMILES string of the molecule is CCN(CC)C(=O)CNC1CC(NC(=O)OCc2ccccc2)C1. The van der Waals surface area contributed by atoms with E-state index in [4.69, 9.17) is 4.74 Å². The average molecular weight is 333 g/mol. The third-order valence-electron chi connectivity index (χ3n) is 4.33. The Bertz CT molecular complexity index is 526. The largest absolute Gasteiger partial charge is 0.445 e. The molecule has 1 fully saturated rings. The van der Waals surface area contributed by atoms with E-state index in [2.05, 4.69) is 10.6 Å². The van der Waals surface area contributed by atoms with Gasteiger partial charge < -0.3 is 20.3 Å².